The van der Waals surface area contributed by atoms with E-state index in [1.165, 1.54) is 5.56 Å². The molecule has 0 spiro atoms. The van der Waals surface area contributed by atoms with Crippen molar-refractivity contribution in [3.8, 4) is 11.5 Å². The van der Waals surface area contributed by atoms with Gasteiger partial charge in [0.25, 0.3) is 0 Å². The molecular weight excluding hydrogens is 292 g/mol. The molecule has 3 heteroatoms. The molecule has 0 N–H and O–H groups in total. The van der Waals surface area contributed by atoms with Gasteiger partial charge in [-0.3, -0.25) is 0 Å². The number of methoxy groups -OCH3 is 1. The molecule has 0 heterocycles. The normalized spacial score (nSPS) is 10.2. The largest absolute Gasteiger partial charge is 0.496 e. The van der Waals surface area contributed by atoms with Crippen LogP contribution in [0.4, 0.5) is 0 Å². The Hall–Kier alpha value is -1.48. The SMILES string of the molecule is COc1ccc(COc2cccc(C)c2)cc1Br. The highest BCUT2D eigenvalue weighted by Gasteiger charge is 2.02. The molecule has 2 nitrogen and oxygen atoms in total. The first-order chi connectivity index (χ1) is 8.69. The van der Waals surface area contributed by atoms with Crippen LogP contribution in [-0.4, -0.2) is 7.11 Å². The predicted octanol–water partition coefficient (Wildman–Crippen LogP) is 4.35. The maximum atomic E-state index is 5.74. The molecule has 0 atom stereocenters. The number of ether oxygens (including phenoxy) is 2. The molecule has 0 saturated heterocycles. The summed E-state index contributed by atoms with van der Waals surface area (Å²) in [4.78, 5) is 0. The molecule has 2 rings (SSSR count). The van der Waals surface area contributed by atoms with Gasteiger partial charge in [0.05, 0.1) is 11.6 Å². The van der Waals surface area contributed by atoms with Crippen molar-refractivity contribution in [1.29, 1.82) is 0 Å². The van der Waals surface area contributed by atoms with Gasteiger partial charge in [-0.05, 0) is 58.2 Å². The Labute approximate surface area is 116 Å². The fraction of sp³-hybridized carbons (Fsp3) is 0.200. The van der Waals surface area contributed by atoms with Crippen molar-refractivity contribution in [2.24, 2.45) is 0 Å². The molecule has 0 aliphatic heterocycles. The van der Waals surface area contributed by atoms with E-state index in [0.717, 1.165) is 21.5 Å². The Morgan fingerprint density at radius 1 is 1.11 bits per heavy atom. The minimum Gasteiger partial charge on any atom is -0.496 e. The van der Waals surface area contributed by atoms with Crippen LogP contribution in [0.3, 0.4) is 0 Å². The van der Waals surface area contributed by atoms with Gasteiger partial charge in [-0.1, -0.05) is 18.2 Å². The van der Waals surface area contributed by atoms with Gasteiger partial charge < -0.3 is 9.47 Å². The van der Waals surface area contributed by atoms with Gasteiger partial charge in [0.15, 0.2) is 0 Å². The number of rotatable bonds is 4. The number of hydrogen-bond acceptors (Lipinski definition) is 2. The molecule has 0 aliphatic rings. The molecule has 18 heavy (non-hydrogen) atoms. The molecule has 0 aromatic heterocycles. The van der Waals surface area contributed by atoms with Gasteiger partial charge in [0.2, 0.25) is 0 Å². The first-order valence-electron chi connectivity index (χ1n) is 5.71. The first kappa shape index (κ1) is 13.0. The number of hydrogen-bond donors (Lipinski definition) is 0. The summed E-state index contributed by atoms with van der Waals surface area (Å²) in [5.41, 5.74) is 2.30. The zero-order valence-corrected chi connectivity index (χ0v) is 12.0. The molecule has 0 unspecified atom stereocenters. The van der Waals surface area contributed by atoms with E-state index in [1.807, 2.05) is 36.4 Å². The van der Waals surface area contributed by atoms with Crippen molar-refractivity contribution in [2.75, 3.05) is 7.11 Å². The lowest BCUT2D eigenvalue weighted by Gasteiger charge is -2.09. The van der Waals surface area contributed by atoms with Crippen LogP contribution in [0.15, 0.2) is 46.9 Å². The third-order valence-corrected chi connectivity index (χ3v) is 3.23. The van der Waals surface area contributed by atoms with E-state index in [0.29, 0.717) is 6.61 Å². The fourth-order valence-electron chi connectivity index (χ4n) is 1.67. The van der Waals surface area contributed by atoms with Crippen LogP contribution in [0.5, 0.6) is 11.5 Å². The average Bonchev–Trinajstić information content (AvgIpc) is 2.37. The second kappa shape index (κ2) is 5.91. The number of halogens is 1. The smallest absolute Gasteiger partial charge is 0.133 e. The standard InChI is InChI=1S/C15H15BrO2/c1-11-4-3-5-13(8-11)18-10-12-6-7-15(17-2)14(16)9-12/h3-9H,10H2,1-2H3. The van der Waals surface area contributed by atoms with E-state index in [4.69, 9.17) is 9.47 Å². The van der Waals surface area contributed by atoms with E-state index in [1.54, 1.807) is 7.11 Å². The summed E-state index contributed by atoms with van der Waals surface area (Å²) in [6.45, 7) is 2.60. The van der Waals surface area contributed by atoms with Crippen LogP contribution >= 0.6 is 15.9 Å². The van der Waals surface area contributed by atoms with Crippen LogP contribution in [0.25, 0.3) is 0 Å². The van der Waals surface area contributed by atoms with E-state index >= 15 is 0 Å². The maximum Gasteiger partial charge on any atom is 0.133 e. The van der Waals surface area contributed by atoms with Gasteiger partial charge in [-0.15, -0.1) is 0 Å². The lowest BCUT2D eigenvalue weighted by atomic mass is 10.2. The molecular formula is C15H15BrO2. The van der Waals surface area contributed by atoms with Crippen LogP contribution in [0, 0.1) is 6.92 Å². The Morgan fingerprint density at radius 2 is 1.94 bits per heavy atom. The van der Waals surface area contributed by atoms with Crippen LogP contribution in [0.2, 0.25) is 0 Å². The minimum atomic E-state index is 0.548. The highest BCUT2D eigenvalue weighted by molar-refractivity contribution is 9.10. The summed E-state index contributed by atoms with van der Waals surface area (Å²) < 4.78 is 11.9. The van der Waals surface area contributed by atoms with Crippen molar-refractivity contribution >= 4 is 15.9 Å². The summed E-state index contributed by atoms with van der Waals surface area (Å²) in [6, 6.07) is 14.0. The zero-order valence-electron chi connectivity index (χ0n) is 10.4. The fourth-order valence-corrected chi connectivity index (χ4v) is 2.26. The molecule has 2 aromatic carbocycles. The van der Waals surface area contributed by atoms with E-state index in [2.05, 4.69) is 28.9 Å². The zero-order chi connectivity index (χ0) is 13.0. The van der Waals surface area contributed by atoms with Crippen molar-refractivity contribution in [2.45, 2.75) is 13.5 Å². The lowest BCUT2D eigenvalue weighted by Crippen LogP contribution is -1.96. The van der Waals surface area contributed by atoms with E-state index < -0.39 is 0 Å². The topological polar surface area (TPSA) is 18.5 Å². The van der Waals surface area contributed by atoms with Crippen LogP contribution < -0.4 is 9.47 Å². The summed E-state index contributed by atoms with van der Waals surface area (Å²) >= 11 is 3.46. The van der Waals surface area contributed by atoms with Gasteiger partial charge in [0, 0.05) is 0 Å². The third-order valence-electron chi connectivity index (χ3n) is 2.61. The molecule has 0 radical (unpaired) electrons. The summed E-state index contributed by atoms with van der Waals surface area (Å²) in [6.07, 6.45) is 0. The second-order valence-electron chi connectivity index (χ2n) is 4.07. The third kappa shape index (κ3) is 3.26. The predicted molar refractivity (Wildman–Crippen MR) is 76.2 cm³/mol. The molecule has 0 fully saturated rings. The second-order valence-corrected chi connectivity index (χ2v) is 4.93. The average molecular weight is 307 g/mol. The summed E-state index contributed by atoms with van der Waals surface area (Å²) in [5, 5.41) is 0. The van der Waals surface area contributed by atoms with Crippen molar-refractivity contribution in [3.63, 3.8) is 0 Å². The monoisotopic (exact) mass is 306 g/mol. The van der Waals surface area contributed by atoms with Gasteiger partial charge >= 0.3 is 0 Å². The van der Waals surface area contributed by atoms with Gasteiger partial charge in [0.1, 0.15) is 18.1 Å². The highest BCUT2D eigenvalue weighted by atomic mass is 79.9. The van der Waals surface area contributed by atoms with Crippen molar-refractivity contribution < 1.29 is 9.47 Å². The molecule has 0 aliphatic carbocycles. The number of aryl methyl sites for hydroxylation is 1. The molecule has 0 amide bonds. The van der Waals surface area contributed by atoms with E-state index in [9.17, 15) is 0 Å². The first-order valence-corrected chi connectivity index (χ1v) is 6.50. The summed E-state index contributed by atoms with van der Waals surface area (Å²) in [5.74, 6) is 1.72. The Balaban J connectivity index is 2.04. The van der Waals surface area contributed by atoms with Crippen LogP contribution in [0.1, 0.15) is 11.1 Å². The van der Waals surface area contributed by atoms with Crippen LogP contribution in [-0.2, 0) is 6.61 Å². The summed E-state index contributed by atoms with van der Waals surface area (Å²) in [7, 11) is 1.66. The van der Waals surface area contributed by atoms with E-state index in [-0.39, 0.29) is 0 Å². The minimum absolute atomic E-state index is 0.548. The van der Waals surface area contributed by atoms with Crippen molar-refractivity contribution in [1.82, 2.24) is 0 Å². The Kier molecular flexibility index (Phi) is 4.26. The van der Waals surface area contributed by atoms with Gasteiger partial charge in [-0.2, -0.15) is 0 Å². The Morgan fingerprint density at radius 3 is 2.61 bits per heavy atom. The quantitative estimate of drug-likeness (QED) is 0.836. The molecule has 2 aromatic rings. The Bertz CT molecular complexity index is 538. The lowest BCUT2D eigenvalue weighted by molar-refractivity contribution is 0.305. The van der Waals surface area contributed by atoms with Crippen molar-refractivity contribution in [3.05, 3.63) is 58.1 Å². The maximum absolute atomic E-state index is 5.74. The number of benzene rings is 2. The molecule has 0 bridgehead atoms. The molecule has 94 valence electrons. The van der Waals surface area contributed by atoms with Gasteiger partial charge in [-0.25, -0.2) is 0 Å². The molecule has 0 saturated carbocycles. The highest BCUT2D eigenvalue weighted by Crippen LogP contribution is 2.26.